The number of rotatable bonds is 6. The Morgan fingerprint density at radius 1 is 1.22 bits per heavy atom. The van der Waals surface area contributed by atoms with Crippen molar-refractivity contribution in [3.8, 4) is 22.9 Å². The number of phenols is 1. The van der Waals surface area contributed by atoms with E-state index in [2.05, 4.69) is 22.4 Å². The van der Waals surface area contributed by atoms with Gasteiger partial charge in [-0.2, -0.15) is 5.26 Å². The molecule has 0 spiro atoms. The maximum absolute atomic E-state index is 17.0. The summed E-state index contributed by atoms with van der Waals surface area (Å²) in [7, 11) is 4.07. The number of carbonyl (C=O) groups is 1. The molecule has 234 valence electrons. The zero-order chi connectivity index (χ0) is 32.3. The summed E-state index contributed by atoms with van der Waals surface area (Å²) in [6, 6.07) is 14.6. The minimum Gasteiger partial charge on any atom is -0.508 e. The third-order valence-electron chi connectivity index (χ3n) is 9.54. The number of halogens is 2. The summed E-state index contributed by atoms with van der Waals surface area (Å²) in [5, 5.41) is 22.4. The maximum Gasteiger partial charge on any atom is 0.246 e. The second-order valence-corrected chi connectivity index (χ2v) is 12.8. The van der Waals surface area contributed by atoms with Gasteiger partial charge < -0.3 is 24.4 Å². The fourth-order valence-corrected chi connectivity index (χ4v) is 7.33. The standard InChI is InChI=1S/C35H33ClFN7O2/c1-4-29(46)43-12-10-22(14-21(43)9-11-38)44-19-39-33-34(44)27-16-28(36)30(26-15-24(45)13-20-7-5-6-8-25(20)26)31(37)32(27)40-35(33)42-17-23(18-42)41(2)3/h4-8,13,15-16,19,21-23,45H,1,9-10,12,14,17-18H2,2-3H3. The van der Waals surface area contributed by atoms with Crippen LogP contribution in [0.4, 0.5) is 10.2 Å². The Balaban J connectivity index is 1.44. The number of amides is 1. The van der Waals surface area contributed by atoms with Gasteiger partial charge in [-0.05, 0) is 67.5 Å². The number of nitrogens with zero attached hydrogens (tertiary/aromatic N) is 7. The first-order chi connectivity index (χ1) is 22.2. The van der Waals surface area contributed by atoms with E-state index >= 15 is 4.39 Å². The van der Waals surface area contributed by atoms with Gasteiger partial charge >= 0.3 is 0 Å². The van der Waals surface area contributed by atoms with Crippen molar-refractivity contribution in [2.45, 2.75) is 37.4 Å². The van der Waals surface area contributed by atoms with Crippen molar-refractivity contribution < 1.29 is 14.3 Å². The van der Waals surface area contributed by atoms with E-state index in [1.54, 1.807) is 23.4 Å². The summed E-state index contributed by atoms with van der Waals surface area (Å²) in [6.45, 7) is 5.53. The highest BCUT2D eigenvalue weighted by molar-refractivity contribution is 6.35. The van der Waals surface area contributed by atoms with Gasteiger partial charge in [-0.1, -0.05) is 42.4 Å². The first kappa shape index (κ1) is 30.0. The van der Waals surface area contributed by atoms with Crippen molar-refractivity contribution in [3.63, 3.8) is 0 Å². The second kappa shape index (κ2) is 11.6. The number of benzene rings is 3. The molecule has 0 saturated carbocycles. The number of carbonyl (C=O) groups excluding carboxylic acids is 1. The summed E-state index contributed by atoms with van der Waals surface area (Å²) < 4.78 is 19.1. The zero-order valence-corrected chi connectivity index (χ0v) is 26.4. The molecule has 7 rings (SSSR count). The smallest absolute Gasteiger partial charge is 0.246 e. The topological polar surface area (TPSA) is 102 Å². The number of nitriles is 1. The summed E-state index contributed by atoms with van der Waals surface area (Å²) in [5.41, 5.74) is 2.18. The molecule has 4 heterocycles. The van der Waals surface area contributed by atoms with Crippen molar-refractivity contribution in [2.24, 2.45) is 0 Å². The summed E-state index contributed by atoms with van der Waals surface area (Å²) in [4.78, 5) is 28.3. The molecule has 2 aromatic heterocycles. The van der Waals surface area contributed by atoms with Crippen LogP contribution >= 0.6 is 11.6 Å². The number of piperidine rings is 1. The maximum atomic E-state index is 17.0. The molecule has 2 aliphatic heterocycles. The van der Waals surface area contributed by atoms with E-state index in [1.807, 2.05) is 42.9 Å². The number of phenolic OH excluding ortho intramolecular Hbond substituents is 1. The molecule has 2 atom stereocenters. The van der Waals surface area contributed by atoms with Crippen LogP contribution in [0.2, 0.25) is 5.02 Å². The predicted molar refractivity (Wildman–Crippen MR) is 178 cm³/mol. The third kappa shape index (κ3) is 4.82. The molecule has 0 bridgehead atoms. The fourth-order valence-electron chi connectivity index (χ4n) is 7.04. The van der Waals surface area contributed by atoms with Crippen LogP contribution in [0.25, 0.3) is 43.8 Å². The first-order valence-corrected chi connectivity index (χ1v) is 15.7. The lowest BCUT2D eigenvalue weighted by molar-refractivity contribution is -0.130. The zero-order valence-electron chi connectivity index (χ0n) is 25.6. The number of imidazole rings is 1. The van der Waals surface area contributed by atoms with Gasteiger partial charge in [0.15, 0.2) is 11.6 Å². The number of likely N-dealkylation sites (tertiary alicyclic amines) is 1. The van der Waals surface area contributed by atoms with Gasteiger partial charge in [0, 0.05) is 48.7 Å². The van der Waals surface area contributed by atoms with Crippen molar-refractivity contribution in [1.82, 2.24) is 24.3 Å². The number of anilines is 1. The van der Waals surface area contributed by atoms with E-state index in [-0.39, 0.29) is 46.3 Å². The quantitative estimate of drug-likeness (QED) is 0.219. The van der Waals surface area contributed by atoms with Crippen molar-refractivity contribution in [1.29, 1.82) is 5.26 Å². The van der Waals surface area contributed by atoms with Crippen LogP contribution in [-0.2, 0) is 4.79 Å². The average molecular weight is 638 g/mol. The van der Waals surface area contributed by atoms with Crippen LogP contribution in [0.5, 0.6) is 5.75 Å². The normalized spacial score (nSPS) is 18.8. The Bertz CT molecular complexity index is 2080. The highest BCUT2D eigenvalue weighted by Crippen LogP contribution is 2.44. The van der Waals surface area contributed by atoms with Crippen LogP contribution < -0.4 is 4.90 Å². The summed E-state index contributed by atoms with van der Waals surface area (Å²) in [5.74, 6) is -0.164. The Hall–Kier alpha value is -4.72. The number of pyridine rings is 1. The lowest BCUT2D eigenvalue weighted by atomic mass is 9.94. The van der Waals surface area contributed by atoms with Gasteiger partial charge in [-0.15, -0.1) is 0 Å². The Kier molecular flexibility index (Phi) is 7.54. The molecule has 2 fully saturated rings. The van der Waals surface area contributed by atoms with Crippen molar-refractivity contribution in [2.75, 3.05) is 38.6 Å². The van der Waals surface area contributed by atoms with Crippen LogP contribution in [0.3, 0.4) is 0 Å². The van der Waals surface area contributed by atoms with Crippen LogP contribution in [-0.4, -0.2) is 81.2 Å². The summed E-state index contributed by atoms with van der Waals surface area (Å²) >= 11 is 6.95. The van der Waals surface area contributed by atoms with Gasteiger partial charge in [-0.25, -0.2) is 14.4 Å². The number of likely N-dealkylation sites (N-methyl/N-ethyl adjacent to an activating group) is 1. The van der Waals surface area contributed by atoms with Gasteiger partial charge in [0.1, 0.15) is 16.8 Å². The number of aromatic nitrogens is 3. The third-order valence-corrected chi connectivity index (χ3v) is 9.84. The van der Waals surface area contributed by atoms with Crippen LogP contribution in [0.1, 0.15) is 25.3 Å². The Morgan fingerprint density at radius 3 is 2.74 bits per heavy atom. The number of hydrogen-bond acceptors (Lipinski definition) is 7. The fraction of sp³-hybridized carbons (Fsp3) is 0.314. The van der Waals surface area contributed by atoms with Crippen LogP contribution in [0.15, 0.2) is 61.4 Å². The summed E-state index contributed by atoms with van der Waals surface area (Å²) in [6.07, 6.45) is 4.41. The minimum atomic E-state index is -0.576. The second-order valence-electron chi connectivity index (χ2n) is 12.4. The molecule has 9 nitrogen and oxygen atoms in total. The molecular weight excluding hydrogens is 605 g/mol. The lowest BCUT2D eigenvalue weighted by Gasteiger charge is -2.43. The van der Waals surface area contributed by atoms with E-state index in [0.717, 1.165) is 23.9 Å². The number of fused-ring (bicyclic) bond motifs is 4. The predicted octanol–water partition coefficient (Wildman–Crippen LogP) is 6.28. The minimum absolute atomic E-state index is 0.00921. The number of hydrogen-bond donors (Lipinski definition) is 1. The Labute approximate surface area is 270 Å². The van der Waals surface area contributed by atoms with Gasteiger partial charge in [0.2, 0.25) is 5.91 Å². The van der Waals surface area contributed by atoms with E-state index in [4.69, 9.17) is 21.6 Å². The van der Waals surface area contributed by atoms with E-state index in [9.17, 15) is 15.2 Å². The van der Waals surface area contributed by atoms with Crippen LogP contribution in [0, 0.1) is 17.1 Å². The molecule has 46 heavy (non-hydrogen) atoms. The molecule has 0 aliphatic carbocycles. The molecule has 2 aliphatic rings. The highest BCUT2D eigenvalue weighted by Gasteiger charge is 2.35. The molecule has 11 heteroatoms. The monoisotopic (exact) mass is 637 g/mol. The van der Waals surface area contributed by atoms with E-state index < -0.39 is 5.82 Å². The molecule has 1 N–H and O–H groups in total. The average Bonchev–Trinajstić information content (AvgIpc) is 3.46. The van der Waals surface area contributed by atoms with Gasteiger partial charge in [-0.3, -0.25) is 4.79 Å². The molecule has 3 aromatic carbocycles. The van der Waals surface area contributed by atoms with Crippen molar-refractivity contribution >= 4 is 56.0 Å². The van der Waals surface area contributed by atoms with E-state index in [1.165, 1.54) is 12.1 Å². The van der Waals surface area contributed by atoms with Gasteiger partial charge in [0.05, 0.1) is 29.4 Å². The largest absolute Gasteiger partial charge is 0.508 e. The molecule has 0 radical (unpaired) electrons. The van der Waals surface area contributed by atoms with Gasteiger partial charge in [0.25, 0.3) is 0 Å². The molecule has 5 aromatic rings. The molecule has 2 unspecified atom stereocenters. The number of aromatic hydroxyl groups is 1. The van der Waals surface area contributed by atoms with Crippen molar-refractivity contribution in [3.05, 3.63) is 72.3 Å². The SMILES string of the molecule is C=CC(=O)N1CCC(n2cnc3c(N4CC(N(C)C)C4)nc4c(F)c(-c5cc(O)cc6ccccc56)c(Cl)cc4c32)CC1CC#N. The first-order valence-electron chi connectivity index (χ1n) is 15.3. The van der Waals surface area contributed by atoms with E-state index in [0.29, 0.717) is 53.2 Å². The Morgan fingerprint density at radius 2 is 2.00 bits per heavy atom. The highest BCUT2D eigenvalue weighted by atomic mass is 35.5. The molecule has 2 saturated heterocycles. The molecular formula is C35H33ClFN7O2. The lowest BCUT2D eigenvalue weighted by Crippen LogP contribution is -2.57. The molecule has 1 amide bonds.